The molecule has 2 heterocycles. The van der Waals surface area contributed by atoms with Gasteiger partial charge in [-0.15, -0.1) is 24.0 Å². The highest BCUT2D eigenvalue weighted by Gasteiger charge is 2.58. The number of carbonyl (C=O) groups is 2. The monoisotopic (exact) mass is 574 g/mol. The summed E-state index contributed by atoms with van der Waals surface area (Å²) in [6.07, 6.45) is 10.5. The van der Waals surface area contributed by atoms with E-state index in [1.165, 1.54) is 10.5 Å². The lowest BCUT2D eigenvalue weighted by Gasteiger charge is -2.18. The predicted molar refractivity (Wildman–Crippen MR) is 141 cm³/mol. The van der Waals surface area contributed by atoms with Gasteiger partial charge in [0.25, 0.3) is 0 Å². The first-order chi connectivity index (χ1) is 16.2. The smallest absolute Gasteiger partial charge is 0.233 e. The fourth-order valence-corrected chi connectivity index (χ4v) is 5.41. The fourth-order valence-electron chi connectivity index (χ4n) is 5.41. The molecule has 34 heavy (non-hydrogen) atoms. The normalized spacial score (nSPS) is 25.0. The van der Waals surface area contributed by atoms with Gasteiger partial charge in [-0.05, 0) is 54.9 Å². The quantitative estimate of drug-likeness (QED) is 0.126. The Bertz CT molecular complexity index is 1040. The summed E-state index contributed by atoms with van der Waals surface area (Å²) in [5, 5.41) is 10.8. The molecule has 4 unspecified atom stereocenters. The minimum Gasteiger partial charge on any atom is -0.356 e. The largest absolute Gasteiger partial charge is 0.356 e. The van der Waals surface area contributed by atoms with Crippen molar-refractivity contribution in [1.29, 1.82) is 0 Å². The van der Waals surface area contributed by atoms with Crippen molar-refractivity contribution in [3.63, 3.8) is 0 Å². The SMILES string of the molecule is CN=C(NCCCN1C(=O)C2C3C=CC(C3)C2C1=O)NCCc1ccc(-n2cccn2)cc1.I. The van der Waals surface area contributed by atoms with Crippen LogP contribution < -0.4 is 10.6 Å². The number of carbonyl (C=O) groups excluding carboxylic acids is 2. The summed E-state index contributed by atoms with van der Waals surface area (Å²) in [5.41, 5.74) is 2.27. The molecular formula is C25H31IN6O2. The number of allylic oxidation sites excluding steroid dienone is 2. The third kappa shape index (κ3) is 4.75. The Morgan fingerprint density at radius 3 is 2.35 bits per heavy atom. The van der Waals surface area contributed by atoms with Crippen molar-refractivity contribution in [3.05, 3.63) is 60.4 Å². The van der Waals surface area contributed by atoms with Gasteiger partial charge in [-0.3, -0.25) is 19.5 Å². The molecule has 180 valence electrons. The molecule has 2 N–H and O–H groups in total. The van der Waals surface area contributed by atoms with E-state index in [-0.39, 0.29) is 59.5 Å². The molecule has 3 aliphatic rings. The zero-order chi connectivity index (χ0) is 22.8. The number of hydrogen-bond donors (Lipinski definition) is 2. The number of halogens is 1. The zero-order valence-electron chi connectivity index (χ0n) is 19.3. The number of hydrogen-bond acceptors (Lipinski definition) is 4. The predicted octanol–water partition coefficient (Wildman–Crippen LogP) is 2.40. The molecule has 9 heteroatoms. The van der Waals surface area contributed by atoms with Crippen LogP contribution in [-0.2, 0) is 16.0 Å². The Kier molecular flexibility index (Phi) is 7.70. The lowest BCUT2D eigenvalue weighted by molar-refractivity contribution is -0.140. The van der Waals surface area contributed by atoms with Gasteiger partial charge in [-0.25, -0.2) is 4.68 Å². The summed E-state index contributed by atoms with van der Waals surface area (Å²) < 4.78 is 1.84. The van der Waals surface area contributed by atoms with Crippen molar-refractivity contribution in [2.75, 3.05) is 26.7 Å². The lowest BCUT2D eigenvalue weighted by atomic mass is 9.85. The van der Waals surface area contributed by atoms with Gasteiger partial charge in [0.15, 0.2) is 5.96 Å². The van der Waals surface area contributed by atoms with Crippen LogP contribution in [0.1, 0.15) is 18.4 Å². The minimum atomic E-state index is -0.108. The third-order valence-electron chi connectivity index (χ3n) is 7.05. The minimum absolute atomic E-state index is 0. The van der Waals surface area contributed by atoms with Crippen molar-refractivity contribution in [1.82, 2.24) is 25.3 Å². The van der Waals surface area contributed by atoms with Crippen LogP contribution in [0.3, 0.4) is 0 Å². The molecule has 2 aliphatic carbocycles. The van der Waals surface area contributed by atoms with Crippen molar-refractivity contribution in [3.8, 4) is 5.69 Å². The number of imide groups is 1. The first-order valence-corrected chi connectivity index (χ1v) is 11.7. The van der Waals surface area contributed by atoms with Crippen LogP contribution in [0.25, 0.3) is 5.69 Å². The molecule has 4 atom stereocenters. The number of amides is 2. The van der Waals surface area contributed by atoms with Crippen LogP contribution in [0.5, 0.6) is 0 Å². The summed E-state index contributed by atoms with van der Waals surface area (Å²) in [6.45, 7) is 1.87. The highest BCUT2D eigenvalue weighted by Crippen LogP contribution is 2.52. The van der Waals surface area contributed by atoms with Gasteiger partial charge in [0, 0.05) is 39.1 Å². The molecular weight excluding hydrogens is 543 g/mol. The van der Waals surface area contributed by atoms with Crippen LogP contribution in [0, 0.1) is 23.7 Å². The first-order valence-electron chi connectivity index (χ1n) is 11.7. The summed E-state index contributed by atoms with van der Waals surface area (Å²) in [7, 11) is 1.74. The van der Waals surface area contributed by atoms with E-state index >= 15 is 0 Å². The molecule has 8 nitrogen and oxygen atoms in total. The molecule has 2 fully saturated rings. The average Bonchev–Trinajstić information content (AvgIpc) is 3.63. The van der Waals surface area contributed by atoms with E-state index in [4.69, 9.17) is 0 Å². The summed E-state index contributed by atoms with van der Waals surface area (Å²) in [4.78, 5) is 31.3. The molecule has 2 amide bonds. The summed E-state index contributed by atoms with van der Waals surface area (Å²) >= 11 is 0. The van der Waals surface area contributed by atoms with Crippen molar-refractivity contribution in [2.24, 2.45) is 28.7 Å². The fraction of sp³-hybridized carbons (Fsp3) is 0.440. The Hall–Kier alpha value is -2.69. The van der Waals surface area contributed by atoms with Crippen LogP contribution in [0.2, 0.25) is 0 Å². The van der Waals surface area contributed by atoms with Gasteiger partial charge < -0.3 is 10.6 Å². The number of likely N-dealkylation sites (tertiary alicyclic amines) is 1. The Morgan fingerprint density at radius 1 is 1.06 bits per heavy atom. The first kappa shape index (κ1) is 24.4. The van der Waals surface area contributed by atoms with Gasteiger partial charge >= 0.3 is 0 Å². The summed E-state index contributed by atoms with van der Waals surface area (Å²) in [6, 6.07) is 10.2. The van der Waals surface area contributed by atoms with Crippen LogP contribution in [0.15, 0.2) is 59.9 Å². The standard InChI is InChI=1S/C25H30N6O2.HI/c1-26-25(28-13-10-17-4-8-20(9-5-17)31-15-3-12-29-31)27-11-2-14-30-23(32)21-18-6-7-19(16-18)22(21)24(30)33;/h3-9,12,15,18-19,21-22H,2,10-11,13-14,16H2,1H3,(H2,26,27,28);1H. The van der Waals surface area contributed by atoms with Gasteiger partial charge in [-0.2, -0.15) is 5.10 Å². The lowest BCUT2D eigenvalue weighted by Crippen LogP contribution is -2.40. The Labute approximate surface area is 216 Å². The van der Waals surface area contributed by atoms with Crippen LogP contribution in [-0.4, -0.2) is 59.1 Å². The molecule has 5 rings (SSSR count). The van der Waals surface area contributed by atoms with Crippen molar-refractivity contribution in [2.45, 2.75) is 19.3 Å². The molecule has 1 aliphatic heterocycles. The van der Waals surface area contributed by atoms with E-state index in [1.807, 2.05) is 16.9 Å². The zero-order valence-corrected chi connectivity index (χ0v) is 21.6. The van der Waals surface area contributed by atoms with Crippen LogP contribution >= 0.6 is 24.0 Å². The molecule has 1 saturated carbocycles. The number of aromatic nitrogens is 2. The van der Waals surface area contributed by atoms with Crippen molar-refractivity contribution < 1.29 is 9.59 Å². The highest BCUT2D eigenvalue weighted by molar-refractivity contribution is 14.0. The highest BCUT2D eigenvalue weighted by atomic mass is 127. The number of guanidine groups is 1. The van der Waals surface area contributed by atoms with Gasteiger partial charge in [-0.1, -0.05) is 24.3 Å². The van der Waals surface area contributed by atoms with Crippen molar-refractivity contribution >= 4 is 41.8 Å². The molecule has 2 aromatic rings. The Morgan fingerprint density at radius 2 is 1.74 bits per heavy atom. The molecule has 0 radical (unpaired) electrons. The van der Waals surface area contributed by atoms with E-state index in [0.29, 0.717) is 19.5 Å². The maximum absolute atomic E-state index is 12.7. The second-order valence-corrected chi connectivity index (χ2v) is 8.97. The molecule has 0 spiro atoms. The molecule has 2 bridgehead atoms. The van der Waals surface area contributed by atoms with Crippen LogP contribution in [0.4, 0.5) is 0 Å². The maximum atomic E-state index is 12.7. The topological polar surface area (TPSA) is 91.6 Å². The van der Waals surface area contributed by atoms with E-state index in [0.717, 1.165) is 31.0 Å². The molecule has 1 aromatic heterocycles. The average molecular weight is 574 g/mol. The number of nitrogens with one attached hydrogen (secondary N) is 2. The number of benzene rings is 1. The van der Waals surface area contributed by atoms with E-state index in [1.54, 1.807) is 13.2 Å². The third-order valence-corrected chi connectivity index (χ3v) is 7.05. The van der Waals surface area contributed by atoms with Gasteiger partial charge in [0.2, 0.25) is 11.8 Å². The molecule has 1 aromatic carbocycles. The number of aliphatic imine (C=N–C) groups is 1. The maximum Gasteiger partial charge on any atom is 0.233 e. The Balaban J connectivity index is 0.00000274. The second kappa shape index (κ2) is 10.7. The number of rotatable bonds is 8. The van der Waals surface area contributed by atoms with E-state index in [9.17, 15) is 9.59 Å². The molecule has 1 saturated heterocycles. The summed E-state index contributed by atoms with van der Waals surface area (Å²) in [5.74, 6) is 1.10. The van der Waals surface area contributed by atoms with Gasteiger partial charge in [0.1, 0.15) is 0 Å². The van der Waals surface area contributed by atoms with E-state index < -0.39 is 0 Å². The van der Waals surface area contributed by atoms with Gasteiger partial charge in [0.05, 0.1) is 17.5 Å². The second-order valence-electron chi connectivity index (χ2n) is 8.97. The number of fused-ring (bicyclic) bond motifs is 5. The van der Waals surface area contributed by atoms with E-state index in [2.05, 4.69) is 57.1 Å². The number of nitrogens with zero attached hydrogens (tertiary/aromatic N) is 4.